The first kappa shape index (κ1) is 23.1. The maximum atomic E-state index is 13.2. The van der Waals surface area contributed by atoms with Gasteiger partial charge in [0, 0.05) is 38.2 Å². The topological polar surface area (TPSA) is 50.2 Å². The lowest BCUT2D eigenvalue weighted by Crippen LogP contribution is -2.31. The minimum atomic E-state index is -4.89. The smallest absolute Gasteiger partial charge is 0.349 e. The van der Waals surface area contributed by atoms with Crippen LogP contribution in [0.5, 0.6) is 0 Å². The number of nitrogens with one attached hydrogen (secondary N) is 1. The molecule has 11 heteroatoms. The fraction of sp³-hybridized carbons (Fsp3) is 0.500. The zero-order chi connectivity index (χ0) is 23.0. The van der Waals surface area contributed by atoms with Gasteiger partial charge in [0.1, 0.15) is 11.5 Å². The van der Waals surface area contributed by atoms with Gasteiger partial charge in [-0.3, -0.25) is 4.79 Å². The number of aromatic nitrogens is 2. The maximum Gasteiger partial charge on any atom is 0.416 e. The van der Waals surface area contributed by atoms with E-state index in [1.54, 1.807) is 4.57 Å². The van der Waals surface area contributed by atoms with Crippen molar-refractivity contribution < 1.29 is 31.1 Å². The number of carbonyl (C=O) groups excluding carboxylic acids is 1. The molecule has 2 aromatic rings. The van der Waals surface area contributed by atoms with Gasteiger partial charge < -0.3 is 14.8 Å². The summed E-state index contributed by atoms with van der Waals surface area (Å²) in [6.07, 6.45) is -7.61. The average molecular weight is 448 g/mol. The van der Waals surface area contributed by atoms with E-state index in [4.69, 9.17) is 0 Å². The molecule has 0 bridgehead atoms. The Hall–Kier alpha value is -2.56. The number of hydrogen-bond donors (Lipinski definition) is 1. The van der Waals surface area contributed by atoms with Gasteiger partial charge in [0.05, 0.1) is 11.1 Å². The largest absolute Gasteiger partial charge is 0.416 e. The van der Waals surface area contributed by atoms with Crippen LogP contribution in [-0.2, 0) is 25.3 Å². The molecule has 0 saturated heterocycles. The van der Waals surface area contributed by atoms with E-state index in [0.717, 1.165) is 12.1 Å². The molecule has 0 saturated carbocycles. The fourth-order valence-electron chi connectivity index (χ4n) is 3.52. The van der Waals surface area contributed by atoms with Crippen LogP contribution in [0.25, 0.3) is 0 Å². The van der Waals surface area contributed by atoms with Crippen molar-refractivity contribution in [3.8, 4) is 0 Å². The third kappa shape index (κ3) is 5.57. The third-order valence-corrected chi connectivity index (χ3v) is 5.15. The monoisotopic (exact) mass is 448 g/mol. The van der Waals surface area contributed by atoms with E-state index in [1.165, 1.54) is 6.20 Å². The SMILES string of the molecule is CN(C)CCNC(=O)c1cn2c(n1)CC[C@@H](c1cc(C(F)(F)F)cc(C(F)(F)F)c1)C2. The van der Waals surface area contributed by atoms with Gasteiger partial charge in [-0.2, -0.15) is 26.3 Å². The maximum absolute atomic E-state index is 13.2. The van der Waals surface area contributed by atoms with Crippen molar-refractivity contribution in [2.24, 2.45) is 0 Å². The third-order valence-electron chi connectivity index (χ3n) is 5.15. The zero-order valence-corrected chi connectivity index (χ0v) is 16.9. The number of fused-ring (bicyclic) bond motifs is 1. The number of halogens is 6. The number of rotatable bonds is 5. The molecule has 0 unspecified atom stereocenters. The van der Waals surface area contributed by atoms with E-state index in [9.17, 15) is 31.1 Å². The first-order valence-electron chi connectivity index (χ1n) is 9.63. The summed E-state index contributed by atoms with van der Waals surface area (Å²) in [6.45, 7) is 1.20. The summed E-state index contributed by atoms with van der Waals surface area (Å²) in [7, 11) is 3.72. The van der Waals surface area contributed by atoms with Crippen LogP contribution in [-0.4, -0.2) is 47.5 Å². The minimum Gasteiger partial charge on any atom is -0.349 e. The van der Waals surface area contributed by atoms with Crippen LogP contribution in [0.15, 0.2) is 24.4 Å². The Balaban J connectivity index is 1.82. The quantitative estimate of drug-likeness (QED) is 0.705. The predicted octanol–water partition coefficient (Wildman–Crippen LogP) is 3.94. The Morgan fingerprint density at radius 2 is 1.74 bits per heavy atom. The van der Waals surface area contributed by atoms with Crippen molar-refractivity contribution in [1.29, 1.82) is 0 Å². The minimum absolute atomic E-state index is 0.0292. The summed E-state index contributed by atoms with van der Waals surface area (Å²) >= 11 is 0. The number of hydrogen-bond acceptors (Lipinski definition) is 3. The second-order valence-electron chi connectivity index (χ2n) is 7.83. The normalized spacial score (nSPS) is 17.0. The number of carbonyl (C=O) groups is 1. The zero-order valence-electron chi connectivity index (χ0n) is 16.9. The molecule has 0 fully saturated rings. The Morgan fingerprint density at radius 1 is 1.13 bits per heavy atom. The number of likely N-dealkylation sites (N-methyl/N-ethyl adjacent to an activating group) is 1. The lowest BCUT2D eigenvalue weighted by atomic mass is 9.89. The second kappa shape index (κ2) is 8.52. The van der Waals surface area contributed by atoms with Gasteiger partial charge >= 0.3 is 12.4 Å². The Bertz CT molecular complexity index is 916. The summed E-state index contributed by atoms with van der Waals surface area (Å²) < 4.78 is 80.6. The van der Waals surface area contributed by atoms with Crippen LogP contribution in [0.1, 0.15) is 45.3 Å². The van der Waals surface area contributed by atoms with Crippen molar-refractivity contribution in [3.63, 3.8) is 0 Å². The molecule has 1 aliphatic rings. The van der Waals surface area contributed by atoms with Gasteiger partial charge in [0.15, 0.2) is 0 Å². The van der Waals surface area contributed by atoms with Crippen molar-refractivity contribution in [3.05, 3.63) is 52.6 Å². The first-order chi connectivity index (χ1) is 14.3. The first-order valence-corrected chi connectivity index (χ1v) is 9.63. The van der Waals surface area contributed by atoms with Crippen LogP contribution >= 0.6 is 0 Å². The molecular formula is C20H22F6N4O. The molecule has 3 rings (SSSR count). The van der Waals surface area contributed by atoms with Crippen molar-refractivity contribution in [2.75, 3.05) is 27.2 Å². The van der Waals surface area contributed by atoms with Gasteiger partial charge in [-0.1, -0.05) is 0 Å². The van der Waals surface area contributed by atoms with Gasteiger partial charge in [0.25, 0.3) is 5.91 Å². The average Bonchev–Trinajstić information content (AvgIpc) is 3.09. The molecule has 0 radical (unpaired) electrons. The number of imidazole rings is 1. The number of aryl methyl sites for hydroxylation is 1. The fourth-order valence-corrected chi connectivity index (χ4v) is 3.52. The number of nitrogens with zero attached hydrogens (tertiary/aromatic N) is 3. The summed E-state index contributed by atoms with van der Waals surface area (Å²) in [5.41, 5.74) is -2.50. The molecule has 31 heavy (non-hydrogen) atoms. The van der Waals surface area contributed by atoms with Crippen LogP contribution in [0.2, 0.25) is 0 Å². The summed E-state index contributed by atoms with van der Waals surface area (Å²) in [4.78, 5) is 18.4. The van der Waals surface area contributed by atoms with Crippen LogP contribution in [0.3, 0.4) is 0 Å². The highest BCUT2D eigenvalue weighted by molar-refractivity contribution is 5.92. The molecule has 0 spiro atoms. The van der Waals surface area contributed by atoms with Gasteiger partial charge in [-0.15, -0.1) is 0 Å². The number of amides is 1. The van der Waals surface area contributed by atoms with Crippen LogP contribution in [0, 0.1) is 0 Å². The van der Waals surface area contributed by atoms with E-state index in [2.05, 4.69) is 10.3 Å². The number of benzene rings is 1. The number of alkyl halides is 6. The molecule has 2 heterocycles. The van der Waals surface area contributed by atoms with E-state index in [-0.39, 0.29) is 29.8 Å². The van der Waals surface area contributed by atoms with Crippen molar-refractivity contribution in [2.45, 2.75) is 37.7 Å². The molecule has 1 N–H and O–H groups in total. The standard InChI is InChI=1S/C20H22F6N4O/c1-29(2)6-5-27-18(31)16-11-30-10-12(3-4-17(30)28-16)13-7-14(19(21,22)23)9-15(8-13)20(24,25)26/h7-9,11-12H,3-6,10H2,1-2H3,(H,27,31)/t12-/m1/s1. The molecule has 1 amide bonds. The van der Waals surface area contributed by atoms with Crippen molar-refractivity contribution >= 4 is 5.91 Å². The summed E-state index contributed by atoms with van der Waals surface area (Å²) in [6, 6.07) is 1.68. The molecule has 1 aliphatic heterocycles. The van der Waals surface area contributed by atoms with E-state index < -0.39 is 29.4 Å². The molecule has 1 aromatic heterocycles. The molecule has 0 aliphatic carbocycles. The highest BCUT2D eigenvalue weighted by atomic mass is 19.4. The van der Waals surface area contributed by atoms with Gasteiger partial charge in [0.2, 0.25) is 0 Å². The van der Waals surface area contributed by atoms with E-state index in [1.807, 2.05) is 19.0 Å². The van der Waals surface area contributed by atoms with E-state index in [0.29, 0.717) is 31.8 Å². The summed E-state index contributed by atoms with van der Waals surface area (Å²) in [5, 5.41) is 2.72. The molecule has 170 valence electrons. The predicted molar refractivity (Wildman–Crippen MR) is 101 cm³/mol. The molecule has 1 aromatic carbocycles. The van der Waals surface area contributed by atoms with Crippen LogP contribution < -0.4 is 5.32 Å². The van der Waals surface area contributed by atoms with Crippen LogP contribution in [0.4, 0.5) is 26.3 Å². The Kier molecular flexibility index (Phi) is 6.35. The summed E-state index contributed by atoms with van der Waals surface area (Å²) in [5.74, 6) is -0.356. The molecular weight excluding hydrogens is 426 g/mol. The second-order valence-corrected chi connectivity index (χ2v) is 7.83. The van der Waals surface area contributed by atoms with E-state index >= 15 is 0 Å². The van der Waals surface area contributed by atoms with Crippen molar-refractivity contribution in [1.82, 2.24) is 19.8 Å². The highest BCUT2D eigenvalue weighted by Gasteiger charge is 2.38. The van der Waals surface area contributed by atoms with Gasteiger partial charge in [-0.05, 0) is 44.3 Å². The Morgan fingerprint density at radius 3 is 2.29 bits per heavy atom. The lowest BCUT2D eigenvalue weighted by Gasteiger charge is -2.25. The highest BCUT2D eigenvalue weighted by Crippen LogP contribution is 2.39. The Labute approximate surface area is 175 Å². The molecule has 5 nitrogen and oxygen atoms in total. The lowest BCUT2D eigenvalue weighted by molar-refractivity contribution is -0.143. The van der Waals surface area contributed by atoms with Gasteiger partial charge in [-0.25, -0.2) is 4.98 Å². The molecule has 1 atom stereocenters.